The fourth-order valence-corrected chi connectivity index (χ4v) is 2.46. The van der Waals surface area contributed by atoms with Crippen LogP contribution in [0.2, 0.25) is 0 Å². The summed E-state index contributed by atoms with van der Waals surface area (Å²) in [6, 6.07) is 0. The van der Waals surface area contributed by atoms with Gasteiger partial charge < -0.3 is 0 Å². The zero-order valence-electron chi connectivity index (χ0n) is 10.5. The highest BCUT2D eigenvalue weighted by atomic mass is 32.1. The van der Waals surface area contributed by atoms with E-state index in [9.17, 15) is 4.79 Å². The Balaban J connectivity index is 2.01. The summed E-state index contributed by atoms with van der Waals surface area (Å²) in [6.45, 7) is 4.86. The summed E-state index contributed by atoms with van der Waals surface area (Å²) in [7, 11) is 0. The molecule has 0 aliphatic rings. The van der Waals surface area contributed by atoms with Gasteiger partial charge in [0.1, 0.15) is 0 Å². The molecular formula is C12H16N4OS. The van der Waals surface area contributed by atoms with Gasteiger partial charge in [-0.1, -0.05) is 13.3 Å². The maximum atomic E-state index is 11.9. The third-order valence-corrected chi connectivity index (χ3v) is 3.46. The van der Waals surface area contributed by atoms with Crippen LogP contribution in [0.1, 0.15) is 35.5 Å². The quantitative estimate of drug-likeness (QED) is 0.903. The van der Waals surface area contributed by atoms with Crippen molar-refractivity contribution in [3.8, 4) is 0 Å². The lowest BCUT2D eigenvalue weighted by atomic mass is 10.3. The van der Waals surface area contributed by atoms with Crippen molar-refractivity contribution in [2.24, 2.45) is 0 Å². The van der Waals surface area contributed by atoms with E-state index in [1.165, 1.54) is 16.2 Å². The van der Waals surface area contributed by atoms with Crippen molar-refractivity contribution in [1.82, 2.24) is 14.8 Å². The van der Waals surface area contributed by atoms with E-state index in [0.717, 1.165) is 19.4 Å². The number of aryl methyl sites for hydroxylation is 2. The molecule has 2 heterocycles. The number of carbonyl (C=O) groups excluding carboxylic acids is 1. The zero-order chi connectivity index (χ0) is 13.0. The maximum Gasteiger partial charge on any atom is 0.260 e. The molecule has 5 nitrogen and oxygen atoms in total. The monoisotopic (exact) mass is 264 g/mol. The van der Waals surface area contributed by atoms with Crippen LogP contribution >= 0.6 is 11.3 Å². The lowest BCUT2D eigenvalue weighted by molar-refractivity contribution is 0.102. The molecule has 1 amide bonds. The predicted molar refractivity (Wildman–Crippen MR) is 72.0 cm³/mol. The van der Waals surface area contributed by atoms with Gasteiger partial charge in [0.15, 0.2) is 5.13 Å². The minimum Gasteiger partial charge on any atom is -0.298 e. The number of nitrogens with zero attached hydrogens (tertiary/aromatic N) is 3. The summed E-state index contributed by atoms with van der Waals surface area (Å²) in [6.07, 6.45) is 7.20. The summed E-state index contributed by atoms with van der Waals surface area (Å²) < 4.78 is 1.72. The van der Waals surface area contributed by atoms with Crippen LogP contribution in [-0.4, -0.2) is 20.7 Å². The number of rotatable bonds is 5. The highest BCUT2D eigenvalue weighted by Crippen LogP contribution is 2.19. The van der Waals surface area contributed by atoms with Gasteiger partial charge in [-0.25, -0.2) is 4.98 Å². The molecule has 18 heavy (non-hydrogen) atoms. The van der Waals surface area contributed by atoms with Crippen LogP contribution in [0, 0.1) is 0 Å². The molecule has 6 heteroatoms. The molecule has 2 aromatic rings. The van der Waals surface area contributed by atoms with Crippen molar-refractivity contribution in [2.45, 2.75) is 33.2 Å². The first-order valence-corrected chi connectivity index (χ1v) is 6.83. The van der Waals surface area contributed by atoms with E-state index in [1.807, 2.05) is 13.1 Å². The first kappa shape index (κ1) is 12.8. The second-order valence-corrected chi connectivity index (χ2v) is 5.04. The molecule has 1 N–H and O–H groups in total. The molecule has 0 spiro atoms. The van der Waals surface area contributed by atoms with Gasteiger partial charge in [0.2, 0.25) is 0 Å². The van der Waals surface area contributed by atoms with E-state index in [-0.39, 0.29) is 5.91 Å². The third kappa shape index (κ3) is 2.95. The number of thiazole rings is 1. The van der Waals surface area contributed by atoms with Crippen LogP contribution in [-0.2, 0) is 13.0 Å². The molecule has 2 rings (SSSR count). The number of anilines is 1. The van der Waals surface area contributed by atoms with Crippen LogP contribution in [0.5, 0.6) is 0 Å². The molecule has 0 saturated heterocycles. The molecule has 0 atom stereocenters. The van der Waals surface area contributed by atoms with Crippen LogP contribution < -0.4 is 5.32 Å². The largest absolute Gasteiger partial charge is 0.298 e. The average Bonchev–Trinajstić information content (AvgIpc) is 2.98. The highest BCUT2D eigenvalue weighted by molar-refractivity contribution is 7.15. The third-order valence-electron chi connectivity index (χ3n) is 2.49. The Bertz CT molecular complexity index is 532. The number of aromatic nitrogens is 3. The number of hydrogen-bond acceptors (Lipinski definition) is 4. The normalized spacial score (nSPS) is 10.6. The highest BCUT2D eigenvalue weighted by Gasteiger charge is 2.10. The Morgan fingerprint density at radius 2 is 2.28 bits per heavy atom. The molecule has 0 bridgehead atoms. The number of nitrogens with one attached hydrogen (secondary N) is 1. The molecule has 0 aromatic carbocycles. The van der Waals surface area contributed by atoms with Crippen molar-refractivity contribution in [3.05, 3.63) is 29.0 Å². The second kappa shape index (κ2) is 5.77. The van der Waals surface area contributed by atoms with Gasteiger partial charge in [-0.05, 0) is 13.3 Å². The lowest BCUT2D eigenvalue weighted by Gasteiger charge is -1.97. The smallest absolute Gasteiger partial charge is 0.260 e. The van der Waals surface area contributed by atoms with Gasteiger partial charge in [0.05, 0.1) is 11.8 Å². The minimum atomic E-state index is -0.160. The van der Waals surface area contributed by atoms with Gasteiger partial charge in [-0.3, -0.25) is 14.8 Å². The van der Waals surface area contributed by atoms with Gasteiger partial charge in [0.25, 0.3) is 5.91 Å². The van der Waals surface area contributed by atoms with Crippen LogP contribution in [0.3, 0.4) is 0 Å². The molecule has 0 aliphatic heterocycles. The van der Waals surface area contributed by atoms with Crippen molar-refractivity contribution in [1.29, 1.82) is 0 Å². The first-order valence-electron chi connectivity index (χ1n) is 6.01. The van der Waals surface area contributed by atoms with Crippen molar-refractivity contribution in [3.63, 3.8) is 0 Å². The average molecular weight is 264 g/mol. The molecule has 96 valence electrons. The zero-order valence-corrected chi connectivity index (χ0v) is 11.3. The summed E-state index contributed by atoms with van der Waals surface area (Å²) in [5, 5.41) is 7.51. The fourth-order valence-electron chi connectivity index (χ4n) is 1.55. The summed E-state index contributed by atoms with van der Waals surface area (Å²) >= 11 is 1.52. The molecule has 0 unspecified atom stereocenters. The lowest BCUT2D eigenvalue weighted by Crippen LogP contribution is -2.10. The summed E-state index contributed by atoms with van der Waals surface area (Å²) in [5.41, 5.74) is 0.559. The SMILES string of the molecule is CCCc1cnc(NC(=O)c2cnn(CC)c2)s1. The molecule has 0 aliphatic carbocycles. The minimum absolute atomic E-state index is 0.160. The number of carbonyl (C=O) groups is 1. The van der Waals surface area contributed by atoms with E-state index in [2.05, 4.69) is 22.3 Å². The van der Waals surface area contributed by atoms with E-state index >= 15 is 0 Å². The maximum absolute atomic E-state index is 11.9. The topological polar surface area (TPSA) is 59.8 Å². The summed E-state index contributed by atoms with van der Waals surface area (Å²) in [4.78, 5) is 17.3. The van der Waals surface area contributed by atoms with Gasteiger partial charge in [-0.15, -0.1) is 11.3 Å². The van der Waals surface area contributed by atoms with E-state index in [0.29, 0.717) is 10.7 Å². The van der Waals surface area contributed by atoms with Gasteiger partial charge >= 0.3 is 0 Å². The standard InChI is InChI=1S/C12H16N4OS/c1-3-5-10-7-13-12(18-10)15-11(17)9-6-14-16(4-2)8-9/h6-8H,3-5H2,1-2H3,(H,13,15,17). The van der Waals surface area contributed by atoms with Crippen LogP contribution in [0.15, 0.2) is 18.6 Å². The Labute approximate surface area is 110 Å². The molecular weight excluding hydrogens is 248 g/mol. The second-order valence-electron chi connectivity index (χ2n) is 3.92. The van der Waals surface area contributed by atoms with Gasteiger partial charge in [-0.2, -0.15) is 5.10 Å². The summed E-state index contributed by atoms with van der Waals surface area (Å²) in [5.74, 6) is -0.160. The van der Waals surface area contributed by atoms with Crippen molar-refractivity contribution < 1.29 is 4.79 Å². The fraction of sp³-hybridized carbons (Fsp3) is 0.417. The Kier molecular flexibility index (Phi) is 4.09. The van der Waals surface area contributed by atoms with Crippen LogP contribution in [0.4, 0.5) is 5.13 Å². The first-order chi connectivity index (χ1) is 8.72. The number of hydrogen-bond donors (Lipinski definition) is 1. The molecule has 0 fully saturated rings. The number of amides is 1. The van der Waals surface area contributed by atoms with Crippen molar-refractivity contribution >= 4 is 22.4 Å². The Morgan fingerprint density at radius 3 is 2.94 bits per heavy atom. The van der Waals surface area contributed by atoms with E-state index in [1.54, 1.807) is 17.1 Å². The van der Waals surface area contributed by atoms with Crippen LogP contribution in [0.25, 0.3) is 0 Å². The van der Waals surface area contributed by atoms with E-state index in [4.69, 9.17) is 0 Å². The Morgan fingerprint density at radius 1 is 1.44 bits per heavy atom. The molecule has 0 radical (unpaired) electrons. The predicted octanol–water partition coefficient (Wildman–Crippen LogP) is 2.56. The van der Waals surface area contributed by atoms with E-state index < -0.39 is 0 Å². The Hall–Kier alpha value is -1.69. The molecule has 2 aromatic heterocycles. The van der Waals surface area contributed by atoms with Crippen molar-refractivity contribution in [2.75, 3.05) is 5.32 Å². The molecule has 0 saturated carbocycles. The van der Waals surface area contributed by atoms with Gasteiger partial charge in [0, 0.05) is 23.8 Å².